The number of nitrogens with one attached hydrogen (secondary N) is 1. The van der Waals surface area contributed by atoms with Crippen molar-refractivity contribution in [2.24, 2.45) is 0 Å². The predicted octanol–water partition coefficient (Wildman–Crippen LogP) is 1.70. The molecule has 14 heavy (non-hydrogen) atoms. The molecule has 4 heteroatoms. The molecular formula is C10H18N2OS. The molecule has 0 saturated carbocycles. The molecule has 3 nitrogen and oxygen atoms in total. The minimum atomic E-state index is 0.492. The van der Waals surface area contributed by atoms with Gasteiger partial charge in [-0.15, -0.1) is 11.3 Å². The van der Waals surface area contributed by atoms with E-state index in [2.05, 4.69) is 17.2 Å². The zero-order chi connectivity index (χ0) is 10.2. The highest BCUT2D eigenvalue weighted by atomic mass is 32.1. The Bertz CT molecular complexity index is 226. The highest BCUT2D eigenvalue weighted by Gasteiger charge is 2.09. The van der Waals surface area contributed by atoms with Crippen LogP contribution in [0, 0.1) is 0 Å². The summed E-state index contributed by atoms with van der Waals surface area (Å²) >= 11 is 1.72. The molecule has 0 aliphatic carbocycles. The van der Waals surface area contributed by atoms with E-state index in [4.69, 9.17) is 4.74 Å². The summed E-state index contributed by atoms with van der Waals surface area (Å²) in [6.45, 7) is 3.93. The molecule has 1 unspecified atom stereocenters. The number of nitrogens with zero attached hydrogens (tertiary/aromatic N) is 1. The first-order valence-corrected chi connectivity index (χ1v) is 5.85. The first-order valence-electron chi connectivity index (χ1n) is 4.97. The Balaban J connectivity index is 2.34. The fraction of sp³-hybridized carbons (Fsp3) is 0.700. The highest BCUT2D eigenvalue weighted by Crippen LogP contribution is 2.09. The summed E-state index contributed by atoms with van der Waals surface area (Å²) in [5.74, 6) is 0. The van der Waals surface area contributed by atoms with Gasteiger partial charge in [0.15, 0.2) is 0 Å². The van der Waals surface area contributed by atoms with Crippen LogP contribution in [-0.4, -0.2) is 31.3 Å². The Morgan fingerprint density at radius 3 is 3.07 bits per heavy atom. The topological polar surface area (TPSA) is 34.1 Å². The summed E-state index contributed by atoms with van der Waals surface area (Å²) in [4.78, 5) is 4.28. The van der Waals surface area contributed by atoms with Crippen LogP contribution in [0.4, 0.5) is 0 Å². The van der Waals surface area contributed by atoms with Gasteiger partial charge < -0.3 is 10.1 Å². The van der Waals surface area contributed by atoms with Crippen LogP contribution < -0.4 is 5.32 Å². The fourth-order valence-electron chi connectivity index (χ4n) is 1.39. The minimum Gasteiger partial charge on any atom is -0.385 e. The molecule has 0 aliphatic rings. The van der Waals surface area contributed by atoms with Crippen LogP contribution in [0.2, 0.25) is 0 Å². The molecule has 1 N–H and O–H groups in total. The van der Waals surface area contributed by atoms with Crippen LogP contribution >= 0.6 is 11.3 Å². The van der Waals surface area contributed by atoms with E-state index in [0.717, 1.165) is 26.0 Å². The Hall–Kier alpha value is -0.450. The van der Waals surface area contributed by atoms with Crippen molar-refractivity contribution in [3.63, 3.8) is 0 Å². The number of hydrogen-bond acceptors (Lipinski definition) is 4. The molecule has 1 aromatic heterocycles. The molecule has 0 bridgehead atoms. The SMILES string of the molecule is CCNC(CCOC)Cc1nccs1. The van der Waals surface area contributed by atoms with Gasteiger partial charge in [-0.05, 0) is 13.0 Å². The molecule has 0 spiro atoms. The molecule has 1 atom stereocenters. The zero-order valence-corrected chi connectivity index (χ0v) is 9.64. The Morgan fingerprint density at radius 1 is 1.64 bits per heavy atom. The summed E-state index contributed by atoms with van der Waals surface area (Å²) in [6.07, 6.45) is 3.91. The van der Waals surface area contributed by atoms with Gasteiger partial charge >= 0.3 is 0 Å². The summed E-state index contributed by atoms with van der Waals surface area (Å²) in [5, 5.41) is 6.67. The van der Waals surface area contributed by atoms with Gasteiger partial charge in [0.2, 0.25) is 0 Å². The molecule has 0 amide bonds. The third-order valence-corrected chi connectivity index (χ3v) is 2.87. The summed E-state index contributed by atoms with van der Waals surface area (Å²) < 4.78 is 5.08. The van der Waals surface area contributed by atoms with Crippen molar-refractivity contribution in [1.29, 1.82) is 0 Å². The standard InChI is InChI=1S/C10H18N2OS/c1-3-11-9(4-6-13-2)8-10-12-5-7-14-10/h5,7,9,11H,3-4,6,8H2,1-2H3. The summed E-state index contributed by atoms with van der Waals surface area (Å²) in [7, 11) is 1.74. The van der Waals surface area contributed by atoms with E-state index < -0.39 is 0 Å². The van der Waals surface area contributed by atoms with Crippen molar-refractivity contribution < 1.29 is 4.74 Å². The van der Waals surface area contributed by atoms with Crippen LogP contribution in [0.1, 0.15) is 18.4 Å². The van der Waals surface area contributed by atoms with Crippen molar-refractivity contribution in [2.45, 2.75) is 25.8 Å². The largest absolute Gasteiger partial charge is 0.385 e. The van der Waals surface area contributed by atoms with Crippen molar-refractivity contribution >= 4 is 11.3 Å². The number of likely N-dealkylation sites (N-methyl/N-ethyl adjacent to an activating group) is 1. The molecule has 0 aliphatic heterocycles. The molecule has 1 heterocycles. The second-order valence-corrected chi connectivity index (χ2v) is 4.15. The second kappa shape index (κ2) is 6.92. The third kappa shape index (κ3) is 4.17. The van der Waals surface area contributed by atoms with E-state index >= 15 is 0 Å². The van der Waals surface area contributed by atoms with Gasteiger partial charge in [0.05, 0.1) is 5.01 Å². The quantitative estimate of drug-likeness (QED) is 0.750. The van der Waals surface area contributed by atoms with Gasteiger partial charge in [-0.2, -0.15) is 0 Å². The molecular weight excluding hydrogens is 196 g/mol. The normalized spacial score (nSPS) is 13.0. The first kappa shape index (κ1) is 11.6. The number of methoxy groups -OCH3 is 1. The molecule has 1 aromatic rings. The lowest BCUT2D eigenvalue weighted by Crippen LogP contribution is -2.32. The van der Waals surface area contributed by atoms with Crippen LogP contribution in [0.5, 0.6) is 0 Å². The third-order valence-electron chi connectivity index (χ3n) is 2.07. The summed E-state index contributed by atoms with van der Waals surface area (Å²) in [6, 6.07) is 0.492. The van der Waals surface area contributed by atoms with Gasteiger partial charge in [0.25, 0.3) is 0 Å². The molecule has 0 fully saturated rings. The second-order valence-electron chi connectivity index (χ2n) is 3.17. The first-order chi connectivity index (χ1) is 6.86. The van der Waals surface area contributed by atoms with E-state index in [0.29, 0.717) is 6.04 Å². The number of rotatable bonds is 7. The van der Waals surface area contributed by atoms with E-state index in [-0.39, 0.29) is 0 Å². The average molecular weight is 214 g/mol. The Kier molecular flexibility index (Phi) is 5.75. The number of ether oxygens (including phenoxy) is 1. The van der Waals surface area contributed by atoms with Crippen molar-refractivity contribution in [2.75, 3.05) is 20.3 Å². The Morgan fingerprint density at radius 2 is 2.50 bits per heavy atom. The van der Waals surface area contributed by atoms with E-state index in [1.165, 1.54) is 5.01 Å². The smallest absolute Gasteiger partial charge is 0.0940 e. The number of aromatic nitrogens is 1. The zero-order valence-electron chi connectivity index (χ0n) is 8.82. The summed E-state index contributed by atoms with van der Waals surface area (Å²) in [5.41, 5.74) is 0. The van der Waals surface area contributed by atoms with Gasteiger partial charge in [-0.3, -0.25) is 0 Å². The van der Waals surface area contributed by atoms with Gasteiger partial charge in [-0.25, -0.2) is 4.98 Å². The lowest BCUT2D eigenvalue weighted by atomic mass is 10.1. The maximum absolute atomic E-state index is 5.08. The van der Waals surface area contributed by atoms with E-state index in [9.17, 15) is 0 Å². The maximum Gasteiger partial charge on any atom is 0.0940 e. The van der Waals surface area contributed by atoms with Crippen LogP contribution in [0.15, 0.2) is 11.6 Å². The minimum absolute atomic E-state index is 0.492. The van der Waals surface area contributed by atoms with E-state index in [1.807, 2.05) is 11.6 Å². The van der Waals surface area contributed by atoms with Crippen molar-refractivity contribution in [1.82, 2.24) is 10.3 Å². The predicted molar refractivity (Wildman–Crippen MR) is 59.8 cm³/mol. The molecule has 1 rings (SSSR count). The van der Waals surface area contributed by atoms with Crippen molar-refractivity contribution in [3.8, 4) is 0 Å². The van der Waals surface area contributed by atoms with Gasteiger partial charge in [-0.1, -0.05) is 6.92 Å². The van der Waals surface area contributed by atoms with Gasteiger partial charge in [0.1, 0.15) is 0 Å². The van der Waals surface area contributed by atoms with Crippen LogP contribution in [0.25, 0.3) is 0 Å². The number of hydrogen-bond donors (Lipinski definition) is 1. The maximum atomic E-state index is 5.08. The average Bonchev–Trinajstić information content (AvgIpc) is 2.67. The molecule has 0 aromatic carbocycles. The van der Waals surface area contributed by atoms with E-state index in [1.54, 1.807) is 18.4 Å². The fourth-order valence-corrected chi connectivity index (χ4v) is 2.09. The number of thiazole rings is 1. The monoisotopic (exact) mass is 214 g/mol. The van der Waals surface area contributed by atoms with Crippen LogP contribution in [0.3, 0.4) is 0 Å². The van der Waals surface area contributed by atoms with Gasteiger partial charge in [0, 0.05) is 37.8 Å². The lowest BCUT2D eigenvalue weighted by Gasteiger charge is -2.15. The molecule has 0 saturated heterocycles. The molecule has 0 radical (unpaired) electrons. The lowest BCUT2D eigenvalue weighted by molar-refractivity contribution is 0.183. The molecule has 80 valence electrons. The highest BCUT2D eigenvalue weighted by molar-refractivity contribution is 7.09. The van der Waals surface area contributed by atoms with Crippen molar-refractivity contribution in [3.05, 3.63) is 16.6 Å². The Labute approximate surface area is 89.5 Å². The van der Waals surface area contributed by atoms with Crippen LogP contribution in [-0.2, 0) is 11.2 Å².